The molecular formula is C13H13N3O2. The lowest BCUT2D eigenvalue weighted by atomic mass is 10.1. The molecular weight excluding hydrogens is 230 g/mol. The Bertz CT molecular complexity index is 619. The van der Waals surface area contributed by atoms with Crippen LogP contribution in [0.4, 0.5) is 0 Å². The molecule has 1 amide bonds. The van der Waals surface area contributed by atoms with Gasteiger partial charge in [0.05, 0.1) is 6.54 Å². The van der Waals surface area contributed by atoms with E-state index in [9.17, 15) is 9.59 Å². The van der Waals surface area contributed by atoms with Gasteiger partial charge in [-0.2, -0.15) is 0 Å². The van der Waals surface area contributed by atoms with Crippen LogP contribution in [0, 0.1) is 0 Å². The summed E-state index contributed by atoms with van der Waals surface area (Å²) in [5.41, 5.74) is 3.34. The molecule has 0 unspecified atom stereocenters. The molecule has 0 saturated heterocycles. The van der Waals surface area contributed by atoms with Crippen molar-refractivity contribution in [1.29, 1.82) is 0 Å². The van der Waals surface area contributed by atoms with Gasteiger partial charge in [-0.3, -0.25) is 15.0 Å². The Morgan fingerprint density at radius 3 is 2.78 bits per heavy atom. The van der Waals surface area contributed by atoms with Crippen LogP contribution in [0.5, 0.6) is 0 Å². The minimum absolute atomic E-state index is 0.0776. The summed E-state index contributed by atoms with van der Waals surface area (Å²) < 4.78 is 1.57. The fourth-order valence-corrected chi connectivity index (χ4v) is 1.68. The van der Waals surface area contributed by atoms with E-state index in [1.807, 2.05) is 6.07 Å². The van der Waals surface area contributed by atoms with E-state index < -0.39 is 0 Å². The van der Waals surface area contributed by atoms with Gasteiger partial charge < -0.3 is 4.57 Å². The molecule has 0 aliphatic heterocycles. The number of carbonyl (C=O) groups is 1. The normalized spacial score (nSPS) is 10.1. The quantitative estimate of drug-likeness (QED) is 0.468. The summed E-state index contributed by atoms with van der Waals surface area (Å²) in [5.74, 6) is 4.73. The van der Waals surface area contributed by atoms with Crippen molar-refractivity contribution < 1.29 is 4.79 Å². The van der Waals surface area contributed by atoms with E-state index in [0.29, 0.717) is 12.1 Å². The largest absolute Gasteiger partial charge is 0.311 e. The summed E-state index contributed by atoms with van der Waals surface area (Å²) in [6.45, 7) is 0.422. The van der Waals surface area contributed by atoms with E-state index in [1.54, 1.807) is 41.1 Å². The van der Waals surface area contributed by atoms with Crippen molar-refractivity contribution in [2.75, 3.05) is 0 Å². The fourth-order valence-electron chi connectivity index (χ4n) is 1.68. The molecule has 2 rings (SSSR count). The summed E-state index contributed by atoms with van der Waals surface area (Å²) in [4.78, 5) is 22.9. The zero-order chi connectivity index (χ0) is 13.0. The van der Waals surface area contributed by atoms with Gasteiger partial charge in [0.2, 0.25) is 0 Å². The smallest absolute Gasteiger partial charge is 0.265 e. The van der Waals surface area contributed by atoms with Gasteiger partial charge in [-0.15, -0.1) is 0 Å². The van der Waals surface area contributed by atoms with Crippen molar-refractivity contribution in [1.82, 2.24) is 9.99 Å². The van der Waals surface area contributed by atoms with Crippen LogP contribution >= 0.6 is 0 Å². The number of benzene rings is 1. The highest BCUT2D eigenvalue weighted by molar-refractivity contribution is 5.93. The molecule has 18 heavy (non-hydrogen) atoms. The van der Waals surface area contributed by atoms with E-state index in [-0.39, 0.29) is 11.5 Å². The summed E-state index contributed by atoms with van der Waals surface area (Å²) in [6, 6.07) is 12.0. The van der Waals surface area contributed by atoms with Crippen LogP contribution in [-0.2, 0) is 6.54 Å². The van der Waals surface area contributed by atoms with Crippen LogP contribution in [0.3, 0.4) is 0 Å². The van der Waals surface area contributed by atoms with Crippen molar-refractivity contribution >= 4 is 5.91 Å². The Labute approximate surface area is 104 Å². The highest BCUT2D eigenvalue weighted by Gasteiger charge is 2.04. The zero-order valence-corrected chi connectivity index (χ0v) is 9.67. The van der Waals surface area contributed by atoms with Crippen LogP contribution in [-0.4, -0.2) is 10.5 Å². The van der Waals surface area contributed by atoms with Crippen molar-refractivity contribution in [3.05, 3.63) is 70.1 Å². The molecule has 0 radical (unpaired) electrons. The number of hydrazine groups is 1. The third-order valence-corrected chi connectivity index (χ3v) is 2.57. The first-order chi connectivity index (χ1) is 8.70. The molecule has 3 N–H and O–H groups in total. The number of aromatic nitrogens is 1. The number of rotatable bonds is 3. The fraction of sp³-hybridized carbons (Fsp3) is 0.0769. The number of pyridine rings is 1. The maximum atomic E-state index is 11.6. The Kier molecular flexibility index (Phi) is 3.54. The van der Waals surface area contributed by atoms with Gasteiger partial charge in [-0.1, -0.05) is 18.2 Å². The van der Waals surface area contributed by atoms with Crippen LogP contribution in [0.25, 0.3) is 0 Å². The molecule has 1 aromatic heterocycles. The number of nitrogen functional groups attached to an aromatic ring is 1. The third-order valence-electron chi connectivity index (χ3n) is 2.57. The zero-order valence-electron chi connectivity index (χ0n) is 9.67. The standard InChI is InChI=1S/C13H13N3O2/c14-15-13(18)11-5-3-4-10(8-11)9-16-7-2-1-6-12(16)17/h1-8H,9,14H2,(H,15,18). The average Bonchev–Trinajstić information content (AvgIpc) is 2.41. The molecule has 0 aliphatic rings. The first kappa shape index (κ1) is 12.1. The molecule has 2 aromatic rings. The summed E-state index contributed by atoms with van der Waals surface area (Å²) in [6.07, 6.45) is 1.71. The number of hydrogen-bond acceptors (Lipinski definition) is 3. The molecule has 0 atom stereocenters. The van der Waals surface area contributed by atoms with E-state index >= 15 is 0 Å². The molecule has 0 saturated carbocycles. The maximum Gasteiger partial charge on any atom is 0.265 e. The van der Waals surface area contributed by atoms with Gasteiger partial charge in [-0.05, 0) is 23.8 Å². The first-order valence-corrected chi connectivity index (χ1v) is 5.46. The first-order valence-electron chi connectivity index (χ1n) is 5.46. The van der Waals surface area contributed by atoms with Crippen LogP contribution < -0.4 is 16.8 Å². The Morgan fingerprint density at radius 1 is 1.22 bits per heavy atom. The van der Waals surface area contributed by atoms with E-state index in [2.05, 4.69) is 5.43 Å². The number of nitrogens with zero attached hydrogens (tertiary/aromatic N) is 1. The molecule has 5 nitrogen and oxygen atoms in total. The van der Waals surface area contributed by atoms with Gasteiger partial charge in [0, 0.05) is 17.8 Å². The second-order valence-electron chi connectivity index (χ2n) is 3.84. The lowest BCUT2D eigenvalue weighted by Crippen LogP contribution is -2.30. The topological polar surface area (TPSA) is 77.1 Å². The second kappa shape index (κ2) is 5.29. The Hall–Kier alpha value is -2.40. The molecule has 0 bridgehead atoms. The number of nitrogens with two attached hydrogens (primary N) is 1. The molecule has 1 aromatic carbocycles. The Balaban J connectivity index is 2.28. The van der Waals surface area contributed by atoms with Crippen molar-refractivity contribution in [3.8, 4) is 0 Å². The predicted molar refractivity (Wildman–Crippen MR) is 67.9 cm³/mol. The number of carbonyl (C=O) groups excluding carboxylic acids is 1. The highest BCUT2D eigenvalue weighted by atomic mass is 16.2. The van der Waals surface area contributed by atoms with E-state index in [4.69, 9.17) is 5.84 Å². The van der Waals surface area contributed by atoms with Gasteiger partial charge in [-0.25, -0.2) is 5.84 Å². The number of nitrogens with one attached hydrogen (secondary N) is 1. The van der Waals surface area contributed by atoms with Gasteiger partial charge in [0.1, 0.15) is 0 Å². The van der Waals surface area contributed by atoms with Crippen LogP contribution in [0.1, 0.15) is 15.9 Å². The van der Waals surface area contributed by atoms with Crippen molar-refractivity contribution in [2.45, 2.75) is 6.54 Å². The maximum absolute atomic E-state index is 11.6. The van der Waals surface area contributed by atoms with E-state index in [0.717, 1.165) is 5.56 Å². The van der Waals surface area contributed by atoms with Crippen LogP contribution in [0.15, 0.2) is 53.5 Å². The molecule has 92 valence electrons. The lowest BCUT2D eigenvalue weighted by molar-refractivity contribution is 0.0953. The van der Waals surface area contributed by atoms with Crippen molar-refractivity contribution in [2.24, 2.45) is 5.84 Å². The monoisotopic (exact) mass is 243 g/mol. The molecule has 5 heteroatoms. The third kappa shape index (κ3) is 2.64. The molecule has 1 heterocycles. The van der Waals surface area contributed by atoms with E-state index in [1.165, 1.54) is 6.07 Å². The van der Waals surface area contributed by atoms with Gasteiger partial charge >= 0.3 is 0 Å². The van der Waals surface area contributed by atoms with Gasteiger partial charge in [0.15, 0.2) is 0 Å². The minimum atomic E-state index is -0.350. The average molecular weight is 243 g/mol. The van der Waals surface area contributed by atoms with Crippen LogP contribution in [0.2, 0.25) is 0 Å². The summed E-state index contributed by atoms with van der Waals surface area (Å²) >= 11 is 0. The molecule has 0 fully saturated rings. The number of amides is 1. The lowest BCUT2D eigenvalue weighted by Gasteiger charge is -2.06. The van der Waals surface area contributed by atoms with Gasteiger partial charge in [0.25, 0.3) is 11.5 Å². The summed E-state index contributed by atoms with van der Waals surface area (Å²) in [5, 5.41) is 0. The SMILES string of the molecule is NNC(=O)c1cccc(Cn2ccccc2=O)c1. The second-order valence-corrected chi connectivity index (χ2v) is 3.84. The highest BCUT2D eigenvalue weighted by Crippen LogP contribution is 2.06. The number of hydrogen-bond donors (Lipinski definition) is 2. The molecule has 0 aliphatic carbocycles. The predicted octanol–water partition coefficient (Wildman–Crippen LogP) is 0.500. The summed E-state index contributed by atoms with van der Waals surface area (Å²) in [7, 11) is 0. The molecule has 0 spiro atoms. The Morgan fingerprint density at radius 2 is 2.06 bits per heavy atom. The minimum Gasteiger partial charge on any atom is -0.311 e. The van der Waals surface area contributed by atoms with Crippen molar-refractivity contribution in [3.63, 3.8) is 0 Å².